The number of carbonyl (C=O) groups is 2. The Labute approximate surface area is 136 Å². The van der Waals surface area contributed by atoms with Gasteiger partial charge >= 0.3 is 5.97 Å². The number of aldehydes is 1. The molecule has 0 radical (unpaired) electrons. The van der Waals surface area contributed by atoms with Crippen LogP contribution in [0.3, 0.4) is 0 Å². The number of esters is 1. The predicted octanol–water partition coefficient (Wildman–Crippen LogP) is 3.79. The fourth-order valence-electron chi connectivity index (χ4n) is 2.61. The van der Waals surface area contributed by atoms with E-state index in [0.717, 1.165) is 11.1 Å². The maximum atomic E-state index is 12.0. The lowest BCUT2D eigenvalue weighted by molar-refractivity contribution is 0.0597. The van der Waals surface area contributed by atoms with E-state index in [-0.39, 0.29) is 0 Å². The van der Waals surface area contributed by atoms with E-state index < -0.39 is 5.97 Å². The van der Waals surface area contributed by atoms with Crippen molar-refractivity contribution < 1.29 is 19.1 Å². The number of rotatable bonds is 5. The predicted molar refractivity (Wildman–Crippen MR) is 88.2 cm³/mol. The Morgan fingerprint density at radius 2 is 1.70 bits per heavy atom. The van der Waals surface area contributed by atoms with Crippen molar-refractivity contribution in [2.75, 3.05) is 7.11 Å². The topological polar surface area (TPSA) is 52.6 Å². The van der Waals surface area contributed by atoms with Crippen molar-refractivity contribution in [3.63, 3.8) is 0 Å². The molecule has 0 heterocycles. The van der Waals surface area contributed by atoms with E-state index >= 15 is 0 Å². The van der Waals surface area contributed by atoms with Crippen molar-refractivity contribution >= 4 is 12.3 Å². The third-order valence-corrected chi connectivity index (χ3v) is 4.03. The maximum Gasteiger partial charge on any atom is 0.338 e. The van der Waals surface area contributed by atoms with Crippen molar-refractivity contribution in [1.82, 2.24) is 0 Å². The molecule has 0 aliphatic heterocycles. The molecule has 23 heavy (non-hydrogen) atoms. The van der Waals surface area contributed by atoms with Crippen LogP contribution < -0.4 is 4.74 Å². The fourth-order valence-corrected chi connectivity index (χ4v) is 2.61. The molecule has 0 aliphatic rings. The summed E-state index contributed by atoms with van der Waals surface area (Å²) < 4.78 is 10.7. The summed E-state index contributed by atoms with van der Waals surface area (Å²) >= 11 is 0. The maximum absolute atomic E-state index is 12.0. The largest absolute Gasteiger partial charge is 0.488 e. The third kappa shape index (κ3) is 3.26. The van der Waals surface area contributed by atoms with E-state index in [4.69, 9.17) is 9.47 Å². The number of hydrogen-bond acceptors (Lipinski definition) is 4. The molecular formula is C19H20O4. The Kier molecular flexibility index (Phi) is 5.16. The molecule has 0 aliphatic carbocycles. The Morgan fingerprint density at radius 3 is 2.26 bits per heavy atom. The zero-order valence-corrected chi connectivity index (χ0v) is 13.8. The number of benzene rings is 2. The number of hydrogen-bond donors (Lipinski definition) is 0. The zero-order chi connectivity index (χ0) is 17.0. The molecule has 4 heteroatoms. The molecule has 120 valence electrons. The van der Waals surface area contributed by atoms with Crippen LogP contribution >= 0.6 is 0 Å². The lowest BCUT2D eigenvalue weighted by Gasteiger charge is -2.19. The normalized spacial score (nSPS) is 10.3. The van der Waals surface area contributed by atoms with Crippen LogP contribution in [0.1, 0.15) is 43.0 Å². The van der Waals surface area contributed by atoms with Crippen LogP contribution in [-0.2, 0) is 11.3 Å². The van der Waals surface area contributed by atoms with E-state index in [1.807, 2.05) is 37.3 Å². The van der Waals surface area contributed by atoms with Gasteiger partial charge in [-0.2, -0.15) is 0 Å². The highest BCUT2D eigenvalue weighted by Crippen LogP contribution is 2.33. The van der Waals surface area contributed by atoms with Crippen LogP contribution in [-0.4, -0.2) is 19.4 Å². The van der Waals surface area contributed by atoms with Gasteiger partial charge in [0.2, 0.25) is 0 Å². The average Bonchev–Trinajstić information content (AvgIpc) is 2.58. The first-order chi connectivity index (χ1) is 11.0. The van der Waals surface area contributed by atoms with Gasteiger partial charge in [0, 0.05) is 11.1 Å². The van der Waals surface area contributed by atoms with E-state index in [2.05, 4.69) is 0 Å². The van der Waals surface area contributed by atoms with Crippen LogP contribution in [0.15, 0.2) is 30.3 Å². The summed E-state index contributed by atoms with van der Waals surface area (Å²) in [4.78, 5) is 23.5. The second-order valence-electron chi connectivity index (χ2n) is 5.38. The number of ether oxygens (including phenoxy) is 2. The van der Waals surface area contributed by atoms with Crippen LogP contribution in [0.2, 0.25) is 0 Å². The zero-order valence-electron chi connectivity index (χ0n) is 13.8. The smallest absolute Gasteiger partial charge is 0.338 e. The van der Waals surface area contributed by atoms with E-state index in [9.17, 15) is 9.59 Å². The monoisotopic (exact) mass is 312 g/mol. The van der Waals surface area contributed by atoms with Crippen molar-refractivity contribution in [2.24, 2.45) is 0 Å². The van der Waals surface area contributed by atoms with E-state index in [1.54, 1.807) is 13.8 Å². The SMILES string of the molecule is COC(=O)c1c(C)c(C)c(OCc2ccccc2)c(C)c1C=O. The van der Waals surface area contributed by atoms with Crippen molar-refractivity contribution in [3.05, 3.63) is 63.7 Å². The lowest BCUT2D eigenvalue weighted by Crippen LogP contribution is -2.13. The minimum absolute atomic E-state index is 0.310. The van der Waals surface area contributed by atoms with E-state index in [0.29, 0.717) is 40.9 Å². The molecular weight excluding hydrogens is 292 g/mol. The van der Waals surface area contributed by atoms with Crippen LogP contribution in [0, 0.1) is 20.8 Å². The second-order valence-corrected chi connectivity index (χ2v) is 5.38. The summed E-state index contributed by atoms with van der Waals surface area (Å²) in [6.07, 6.45) is 0.684. The Hall–Kier alpha value is -2.62. The highest BCUT2D eigenvalue weighted by atomic mass is 16.5. The van der Waals surface area contributed by atoms with Gasteiger partial charge in [0.15, 0.2) is 6.29 Å². The second kappa shape index (κ2) is 7.09. The number of carbonyl (C=O) groups excluding carboxylic acids is 2. The molecule has 0 saturated heterocycles. The highest BCUT2D eigenvalue weighted by Gasteiger charge is 2.23. The van der Waals surface area contributed by atoms with Gasteiger partial charge in [0.05, 0.1) is 12.7 Å². The van der Waals surface area contributed by atoms with Crippen molar-refractivity contribution in [1.29, 1.82) is 0 Å². The molecule has 0 saturated carbocycles. The van der Waals surface area contributed by atoms with Crippen molar-refractivity contribution in [2.45, 2.75) is 27.4 Å². The third-order valence-electron chi connectivity index (χ3n) is 4.03. The van der Waals surface area contributed by atoms with Gasteiger partial charge in [0.1, 0.15) is 12.4 Å². The Morgan fingerprint density at radius 1 is 1.04 bits per heavy atom. The summed E-state index contributed by atoms with van der Waals surface area (Å²) in [6.45, 7) is 5.86. The Balaban J connectivity index is 2.47. The molecule has 0 N–H and O–H groups in total. The van der Waals surface area contributed by atoms with Crippen LogP contribution in [0.4, 0.5) is 0 Å². The molecule has 0 atom stereocenters. The lowest BCUT2D eigenvalue weighted by atomic mass is 9.92. The van der Waals surface area contributed by atoms with E-state index in [1.165, 1.54) is 7.11 Å². The quantitative estimate of drug-likeness (QED) is 0.622. The standard InChI is InChI=1S/C19H20O4/c1-12-13(2)18(23-11-15-8-6-5-7-9-15)14(3)16(10-20)17(12)19(21)22-4/h5-10H,11H2,1-4H3. The average molecular weight is 312 g/mol. The molecule has 2 aromatic rings. The first kappa shape index (κ1) is 16.7. The highest BCUT2D eigenvalue weighted by molar-refractivity contribution is 6.01. The van der Waals surface area contributed by atoms with Gasteiger partial charge in [-0.1, -0.05) is 30.3 Å². The van der Waals surface area contributed by atoms with Gasteiger partial charge < -0.3 is 9.47 Å². The molecule has 0 aromatic heterocycles. The molecule has 0 unspecified atom stereocenters. The van der Waals surface area contributed by atoms with Gasteiger partial charge in [-0.15, -0.1) is 0 Å². The first-order valence-corrected chi connectivity index (χ1v) is 7.35. The Bertz CT molecular complexity index is 733. The minimum atomic E-state index is -0.509. The molecule has 0 bridgehead atoms. The molecule has 0 fully saturated rings. The van der Waals surface area contributed by atoms with Gasteiger partial charge in [-0.05, 0) is 37.5 Å². The molecule has 2 rings (SSSR count). The first-order valence-electron chi connectivity index (χ1n) is 7.35. The number of methoxy groups -OCH3 is 1. The molecule has 2 aromatic carbocycles. The van der Waals surface area contributed by atoms with Gasteiger partial charge in [-0.25, -0.2) is 4.79 Å². The molecule has 0 amide bonds. The summed E-state index contributed by atoms with van der Waals surface area (Å²) in [6, 6.07) is 9.78. The summed E-state index contributed by atoms with van der Waals surface area (Å²) in [5.41, 5.74) is 3.86. The summed E-state index contributed by atoms with van der Waals surface area (Å²) in [5, 5.41) is 0. The van der Waals surface area contributed by atoms with Gasteiger partial charge in [-0.3, -0.25) is 4.79 Å². The summed E-state index contributed by atoms with van der Waals surface area (Å²) in [5.74, 6) is 0.131. The summed E-state index contributed by atoms with van der Waals surface area (Å²) in [7, 11) is 1.31. The van der Waals surface area contributed by atoms with Crippen LogP contribution in [0.25, 0.3) is 0 Å². The van der Waals surface area contributed by atoms with Gasteiger partial charge in [0.25, 0.3) is 0 Å². The minimum Gasteiger partial charge on any atom is -0.488 e. The van der Waals surface area contributed by atoms with Crippen LogP contribution in [0.5, 0.6) is 5.75 Å². The molecule has 0 spiro atoms. The molecule has 4 nitrogen and oxygen atoms in total. The fraction of sp³-hybridized carbons (Fsp3) is 0.263. The van der Waals surface area contributed by atoms with Crippen molar-refractivity contribution in [3.8, 4) is 5.75 Å².